The molecule has 4 heteroatoms. The Balaban J connectivity index is 2.51. The van der Waals surface area contributed by atoms with Gasteiger partial charge in [-0.1, -0.05) is 18.2 Å². The third kappa shape index (κ3) is 1.58. The number of halogens is 1. The van der Waals surface area contributed by atoms with Crippen LogP contribution in [0.25, 0.3) is 21.9 Å². The maximum Gasteiger partial charge on any atom is 0.125 e. The quantitative estimate of drug-likeness (QED) is 0.654. The van der Waals surface area contributed by atoms with Crippen molar-refractivity contribution in [1.82, 2.24) is 14.5 Å². The van der Waals surface area contributed by atoms with Gasteiger partial charge in [0.25, 0.3) is 0 Å². The number of fused-ring (bicyclic) bond motifs is 3. The minimum atomic E-state index is 0.328. The van der Waals surface area contributed by atoms with Crippen molar-refractivity contribution in [3.63, 3.8) is 0 Å². The first-order valence-electron chi connectivity index (χ1n) is 6.03. The highest BCUT2D eigenvalue weighted by Crippen LogP contribution is 2.27. The topological polar surface area (TPSA) is 30.7 Å². The van der Waals surface area contributed by atoms with Crippen LogP contribution in [-0.2, 0) is 5.88 Å². The monoisotopic (exact) mass is 259 g/mol. The minimum Gasteiger partial charge on any atom is -0.324 e. The highest BCUT2D eigenvalue weighted by molar-refractivity contribution is 6.17. The summed E-state index contributed by atoms with van der Waals surface area (Å²) < 4.78 is 2.20. The van der Waals surface area contributed by atoms with Crippen LogP contribution < -0.4 is 0 Å². The summed E-state index contributed by atoms with van der Waals surface area (Å²) in [6.45, 7) is 4.29. The van der Waals surface area contributed by atoms with E-state index in [1.807, 2.05) is 24.4 Å². The standard InChI is InChI=1S/C14H14ClN3/c1-9(2)18-13(7-15)17-12-8-16-11-6-4-3-5-10(11)14(12)18/h3-6,8-9H,7H2,1-2H3. The molecule has 0 saturated heterocycles. The van der Waals surface area contributed by atoms with E-state index >= 15 is 0 Å². The molecule has 0 radical (unpaired) electrons. The van der Waals surface area contributed by atoms with Crippen LogP contribution in [0.3, 0.4) is 0 Å². The molecule has 0 aliphatic carbocycles. The Kier molecular flexibility index (Phi) is 2.71. The molecule has 0 aliphatic rings. The Labute approximate surface area is 110 Å². The number of hydrogen-bond acceptors (Lipinski definition) is 2. The summed E-state index contributed by atoms with van der Waals surface area (Å²) in [5.41, 5.74) is 3.04. The van der Waals surface area contributed by atoms with Crippen LogP contribution in [-0.4, -0.2) is 14.5 Å². The van der Waals surface area contributed by atoms with Gasteiger partial charge >= 0.3 is 0 Å². The predicted octanol–water partition coefficient (Wildman–Crippen LogP) is 3.90. The molecular formula is C14H14ClN3. The van der Waals surface area contributed by atoms with E-state index in [2.05, 4.69) is 34.4 Å². The van der Waals surface area contributed by atoms with Crippen molar-refractivity contribution >= 4 is 33.5 Å². The number of imidazole rings is 1. The zero-order valence-electron chi connectivity index (χ0n) is 10.4. The van der Waals surface area contributed by atoms with Crippen molar-refractivity contribution in [3.8, 4) is 0 Å². The van der Waals surface area contributed by atoms with Crippen molar-refractivity contribution in [2.24, 2.45) is 0 Å². The van der Waals surface area contributed by atoms with E-state index in [4.69, 9.17) is 11.6 Å². The van der Waals surface area contributed by atoms with Crippen molar-refractivity contribution in [3.05, 3.63) is 36.3 Å². The van der Waals surface area contributed by atoms with Crippen LogP contribution in [0.2, 0.25) is 0 Å². The lowest BCUT2D eigenvalue weighted by Gasteiger charge is -2.12. The predicted molar refractivity (Wildman–Crippen MR) is 75.0 cm³/mol. The molecule has 0 atom stereocenters. The molecular weight excluding hydrogens is 246 g/mol. The van der Waals surface area contributed by atoms with Crippen LogP contribution in [0.1, 0.15) is 25.7 Å². The molecule has 0 unspecified atom stereocenters. The van der Waals surface area contributed by atoms with Crippen LogP contribution in [0, 0.1) is 0 Å². The van der Waals surface area contributed by atoms with Crippen LogP contribution in [0.5, 0.6) is 0 Å². The molecule has 0 spiro atoms. The molecule has 0 bridgehead atoms. The number of nitrogens with zero attached hydrogens (tertiary/aromatic N) is 3. The normalized spacial score (nSPS) is 11.8. The van der Waals surface area contributed by atoms with Gasteiger partial charge in [-0.2, -0.15) is 0 Å². The number of hydrogen-bond donors (Lipinski definition) is 0. The zero-order valence-corrected chi connectivity index (χ0v) is 11.1. The SMILES string of the molecule is CC(C)n1c(CCl)nc2cnc3ccccc3c21. The van der Waals surface area contributed by atoms with Crippen molar-refractivity contribution < 1.29 is 0 Å². The van der Waals surface area contributed by atoms with E-state index in [1.165, 1.54) is 0 Å². The van der Waals surface area contributed by atoms with E-state index in [-0.39, 0.29) is 0 Å². The summed E-state index contributed by atoms with van der Waals surface area (Å²) >= 11 is 6.00. The lowest BCUT2D eigenvalue weighted by atomic mass is 10.2. The second-order valence-electron chi connectivity index (χ2n) is 4.63. The largest absolute Gasteiger partial charge is 0.324 e. The van der Waals surface area contributed by atoms with Crippen LogP contribution >= 0.6 is 11.6 Å². The molecule has 2 aromatic heterocycles. The third-order valence-corrected chi connectivity index (χ3v) is 3.37. The maximum atomic E-state index is 6.00. The highest BCUT2D eigenvalue weighted by Gasteiger charge is 2.15. The van der Waals surface area contributed by atoms with E-state index in [0.717, 1.165) is 27.8 Å². The first-order chi connectivity index (χ1) is 8.72. The molecule has 0 aliphatic heterocycles. The third-order valence-electron chi connectivity index (χ3n) is 3.13. The average molecular weight is 260 g/mol. The summed E-state index contributed by atoms with van der Waals surface area (Å²) in [5.74, 6) is 1.32. The Bertz CT molecular complexity index is 715. The number of rotatable bonds is 2. The number of alkyl halides is 1. The summed E-state index contributed by atoms with van der Waals surface area (Å²) in [4.78, 5) is 9.01. The first kappa shape index (κ1) is 11.5. The zero-order chi connectivity index (χ0) is 12.7. The number of aromatic nitrogens is 3. The molecule has 18 heavy (non-hydrogen) atoms. The molecule has 0 saturated carbocycles. The lowest BCUT2D eigenvalue weighted by molar-refractivity contribution is 0.598. The van der Waals surface area contributed by atoms with E-state index in [9.17, 15) is 0 Å². The first-order valence-corrected chi connectivity index (χ1v) is 6.56. The van der Waals surface area contributed by atoms with Gasteiger partial charge in [-0.3, -0.25) is 4.98 Å². The summed E-state index contributed by atoms with van der Waals surface area (Å²) in [6, 6.07) is 8.46. The molecule has 0 fully saturated rings. The van der Waals surface area contributed by atoms with E-state index in [1.54, 1.807) is 0 Å². The smallest absolute Gasteiger partial charge is 0.125 e. The highest BCUT2D eigenvalue weighted by atomic mass is 35.5. The van der Waals surface area contributed by atoms with Crippen molar-refractivity contribution in [1.29, 1.82) is 0 Å². The summed E-state index contributed by atoms with van der Waals surface area (Å²) in [5, 5.41) is 1.13. The Morgan fingerprint density at radius 2 is 2.00 bits per heavy atom. The van der Waals surface area contributed by atoms with Gasteiger partial charge < -0.3 is 4.57 Å². The van der Waals surface area contributed by atoms with E-state index in [0.29, 0.717) is 11.9 Å². The molecule has 3 aromatic rings. The van der Waals surface area contributed by atoms with Gasteiger partial charge in [0.2, 0.25) is 0 Å². The molecule has 92 valence electrons. The second kappa shape index (κ2) is 4.25. The fraction of sp³-hybridized carbons (Fsp3) is 0.286. The van der Waals surface area contributed by atoms with Crippen LogP contribution in [0.15, 0.2) is 30.5 Å². The van der Waals surface area contributed by atoms with Gasteiger partial charge in [-0.15, -0.1) is 11.6 Å². The fourth-order valence-electron chi connectivity index (χ4n) is 2.42. The molecule has 1 aromatic carbocycles. The summed E-state index contributed by atoms with van der Waals surface area (Å²) in [6.07, 6.45) is 1.83. The van der Waals surface area contributed by atoms with E-state index < -0.39 is 0 Å². The van der Waals surface area contributed by atoms with Crippen molar-refractivity contribution in [2.45, 2.75) is 25.8 Å². The Hall–Kier alpha value is -1.61. The summed E-state index contributed by atoms with van der Waals surface area (Å²) in [7, 11) is 0. The number of pyridine rings is 1. The molecule has 0 amide bonds. The molecule has 3 rings (SSSR count). The van der Waals surface area contributed by atoms with Gasteiger partial charge in [0.05, 0.1) is 23.1 Å². The van der Waals surface area contributed by atoms with Gasteiger partial charge in [0.15, 0.2) is 0 Å². The number of benzene rings is 1. The Morgan fingerprint density at radius 3 is 2.72 bits per heavy atom. The van der Waals surface area contributed by atoms with Crippen LogP contribution in [0.4, 0.5) is 0 Å². The second-order valence-corrected chi connectivity index (χ2v) is 4.90. The van der Waals surface area contributed by atoms with Gasteiger partial charge in [0.1, 0.15) is 11.3 Å². The Morgan fingerprint density at radius 1 is 1.22 bits per heavy atom. The fourth-order valence-corrected chi connectivity index (χ4v) is 2.61. The number of para-hydroxylation sites is 1. The van der Waals surface area contributed by atoms with Crippen molar-refractivity contribution in [2.75, 3.05) is 0 Å². The van der Waals surface area contributed by atoms with Gasteiger partial charge in [-0.25, -0.2) is 4.98 Å². The van der Waals surface area contributed by atoms with Gasteiger partial charge in [-0.05, 0) is 19.9 Å². The molecule has 3 nitrogen and oxygen atoms in total. The lowest BCUT2D eigenvalue weighted by Crippen LogP contribution is -2.05. The molecule has 0 N–H and O–H groups in total. The molecule has 2 heterocycles. The maximum absolute atomic E-state index is 6.00. The minimum absolute atomic E-state index is 0.328. The van der Waals surface area contributed by atoms with Gasteiger partial charge in [0, 0.05) is 11.4 Å². The average Bonchev–Trinajstić information content (AvgIpc) is 2.77.